The molecule has 11 heavy (non-hydrogen) atoms. The van der Waals surface area contributed by atoms with Crippen LogP contribution in [-0.2, 0) is 13.6 Å². The van der Waals surface area contributed by atoms with Crippen molar-refractivity contribution in [3.05, 3.63) is 7.11 Å². The van der Waals surface area contributed by atoms with Crippen LogP contribution in [0.25, 0.3) is 0 Å². The third-order valence-corrected chi connectivity index (χ3v) is 4.75. The minimum atomic E-state index is -1.87. The van der Waals surface area contributed by atoms with Crippen molar-refractivity contribution in [2.75, 3.05) is 20.8 Å². The summed E-state index contributed by atoms with van der Waals surface area (Å²) in [6, 6.07) is 0.914. The average Bonchev–Trinajstić information content (AvgIpc) is 2.05. The first kappa shape index (κ1) is 11.1. The summed E-state index contributed by atoms with van der Waals surface area (Å²) < 4.78 is 14.9. The van der Waals surface area contributed by atoms with Crippen molar-refractivity contribution in [3.63, 3.8) is 0 Å². The maximum atomic E-state index is 5.25. The topological polar surface area (TPSA) is 27.7 Å². The fraction of sp³-hybridized carbons (Fsp3) is 0.857. The number of ether oxygens (including phenoxy) is 1. The standard InChI is InChI=1S/C7H16O3Si/c1-8-6-5-7-11(4,9-2)10-3/h1H,5-7H2,2-4H3. The highest BCUT2D eigenvalue weighted by Gasteiger charge is 2.27. The fourth-order valence-corrected chi connectivity index (χ4v) is 2.13. The molecule has 0 amide bonds. The predicted octanol–water partition coefficient (Wildman–Crippen LogP) is 1.43. The van der Waals surface area contributed by atoms with Crippen molar-refractivity contribution in [2.45, 2.75) is 19.0 Å². The lowest BCUT2D eigenvalue weighted by Gasteiger charge is -2.22. The Balaban J connectivity index is 3.51. The van der Waals surface area contributed by atoms with E-state index in [9.17, 15) is 0 Å². The van der Waals surface area contributed by atoms with Gasteiger partial charge in [-0.1, -0.05) is 0 Å². The molecule has 4 heteroatoms. The Hall–Kier alpha value is 0.0969. The van der Waals surface area contributed by atoms with Gasteiger partial charge >= 0.3 is 8.56 Å². The summed E-state index contributed by atoms with van der Waals surface area (Å²) in [7, 11) is 6.36. The van der Waals surface area contributed by atoms with E-state index in [4.69, 9.17) is 16.0 Å². The second-order valence-corrected chi connectivity index (χ2v) is 6.10. The van der Waals surface area contributed by atoms with Gasteiger partial charge in [-0.05, 0) is 19.0 Å². The Morgan fingerprint density at radius 3 is 2.18 bits per heavy atom. The fourth-order valence-electron chi connectivity index (χ4n) is 0.764. The van der Waals surface area contributed by atoms with Crippen LogP contribution in [-0.4, -0.2) is 29.4 Å². The first-order valence-corrected chi connectivity index (χ1v) is 6.13. The Bertz CT molecular complexity index is 93.7. The van der Waals surface area contributed by atoms with Gasteiger partial charge in [0.1, 0.15) is 7.11 Å². The Kier molecular flexibility index (Phi) is 5.76. The summed E-state index contributed by atoms with van der Waals surface area (Å²) in [6.45, 7) is 2.58. The molecule has 0 aromatic rings. The van der Waals surface area contributed by atoms with Crippen molar-refractivity contribution >= 4 is 8.56 Å². The normalized spacial score (nSPS) is 12.0. The summed E-state index contributed by atoms with van der Waals surface area (Å²) in [6.07, 6.45) is 0.890. The van der Waals surface area contributed by atoms with E-state index in [2.05, 4.69) is 4.74 Å². The molecule has 0 aromatic heterocycles. The van der Waals surface area contributed by atoms with Gasteiger partial charge in [-0.25, -0.2) is 0 Å². The van der Waals surface area contributed by atoms with Crippen molar-refractivity contribution in [1.82, 2.24) is 0 Å². The van der Waals surface area contributed by atoms with Gasteiger partial charge in [0.15, 0.2) is 0 Å². The van der Waals surface area contributed by atoms with Gasteiger partial charge in [-0.3, -0.25) is 0 Å². The maximum Gasteiger partial charge on any atom is 0.334 e. The quantitative estimate of drug-likeness (QED) is 0.452. The molecule has 0 saturated heterocycles. The largest absolute Gasteiger partial charge is 0.398 e. The van der Waals surface area contributed by atoms with Crippen LogP contribution in [0.5, 0.6) is 0 Å². The van der Waals surface area contributed by atoms with E-state index < -0.39 is 8.56 Å². The molecule has 66 valence electrons. The highest BCUT2D eigenvalue weighted by molar-refractivity contribution is 6.65. The lowest BCUT2D eigenvalue weighted by atomic mass is 10.5. The third kappa shape index (κ3) is 4.52. The van der Waals surface area contributed by atoms with Crippen LogP contribution < -0.4 is 0 Å². The molecule has 3 nitrogen and oxygen atoms in total. The Labute approximate surface area is 69.9 Å². The van der Waals surface area contributed by atoms with E-state index in [1.54, 1.807) is 14.2 Å². The molecule has 0 heterocycles. The lowest BCUT2D eigenvalue weighted by molar-refractivity contribution is 0.221. The second-order valence-electron chi connectivity index (χ2n) is 2.52. The van der Waals surface area contributed by atoms with Crippen LogP contribution in [0.1, 0.15) is 6.42 Å². The van der Waals surface area contributed by atoms with Gasteiger partial charge < -0.3 is 13.6 Å². The third-order valence-electron chi connectivity index (χ3n) is 1.76. The molecular weight excluding hydrogens is 160 g/mol. The van der Waals surface area contributed by atoms with E-state index in [1.807, 2.05) is 6.55 Å². The SMILES string of the molecule is [CH]OCCC[Si](C)(OC)OC. The van der Waals surface area contributed by atoms with Crippen molar-refractivity contribution in [2.24, 2.45) is 0 Å². The first-order chi connectivity index (χ1) is 5.18. The zero-order valence-electron chi connectivity index (χ0n) is 7.42. The highest BCUT2D eigenvalue weighted by Crippen LogP contribution is 2.13. The molecular formula is C7H16O3Si. The summed E-state index contributed by atoms with van der Waals surface area (Å²) >= 11 is 0. The minimum absolute atomic E-state index is 0.565. The van der Waals surface area contributed by atoms with Crippen molar-refractivity contribution < 1.29 is 13.6 Å². The van der Waals surface area contributed by atoms with E-state index in [-0.39, 0.29) is 0 Å². The minimum Gasteiger partial charge on any atom is -0.398 e. The molecule has 0 aromatic carbocycles. The van der Waals surface area contributed by atoms with Gasteiger partial charge in [0.05, 0.1) is 0 Å². The van der Waals surface area contributed by atoms with E-state index in [1.165, 1.54) is 0 Å². The molecule has 0 N–H and O–H groups in total. The summed E-state index contributed by atoms with van der Waals surface area (Å²) in [5.74, 6) is 0. The Morgan fingerprint density at radius 1 is 1.27 bits per heavy atom. The van der Waals surface area contributed by atoms with Crippen molar-refractivity contribution in [3.8, 4) is 0 Å². The van der Waals surface area contributed by atoms with Gasteiger partial charge in [0.25, 0.3) is 0 Å². The van der Waals surface area contributed by atoms with Crippen LogP contribution in [0.2, 0.25) is 12.6 Å². The molecule has 0 atom stereocenters. The molecule has 0 rings (SSSR count). The van der Waals surface area contributed by atoms with Gasteiger partial charge in [-0.2, -0.15) is 0 Å². The van der Waals surface area contributed by atoms with Crippen LogP contribution in [0, 0.1) is 7.11 Å². The smallest absolute Gasteiger partial charge is 0.334 e. The lowest BCUT2D eigenvalue weighted by Crippen LogP contribution is -2.36. The van der Waals surface area contributed by atoms with E-state index in [0.717, 1.165) is 12.5 Å². The maximum absolute atomic E-state index is 5.25. The molecule has 0 spiro atoms. The molecule has 0 fully saturated rings. The summed E-state index contributed by atoms with van der Waals surface area (Å²) in [5.41, 5.74) is 0. The van der Waals surface area contributed by atoms with Gasteiger partial charge in [0, 0.05) is 20.8 Å². The van der Waals surface area contributed by atoms with Gasteiger partial charge in [0.2, 0.25) is 0 Å². The molecule has 0 aliphatic carbocycles. The average molecular weight is 176 g/mol. The first-order valence-electron chi connectivity index (χ1n) is 3.60. The molecule has 0 unspecified atom stereocenters. The van der Waals surface area contributed by atoms with E-state index >= 15 is 0 Å². The summed E-state index contributed by atoms with van der Waals surface area (Å²) in [4.78, 5) is 0. The molecule has 2 radical (unpaired) electrons. The predicted molar refractivity (Wildman–Crippen MR) is 45.3 cm³/mol. The van der Waals surface area contributed by atoms with Crippen molar-refractivity contribution in [1.29, 1.82) is 0 Å². The monoisotopic (exact) mass is 176 g/mol. The Morgan fingerprint density at radius 2 is 1.82 bits per heavy atom. The summed E-state index contributed by atoms with van der Waals surface area (Å²) in [5, 5.41) is 0. The van der Waals surface area contributed by atoms with Crippen LogP contribution >= 0.6 is 0 Å². The molecule has 0 saturated carbocycles. The zero-order valence-corrected chi connectivity index (χ0v) is 8.42. The molecule has 0 aliphatic heterocycles. The number of hydrogen-bond donors (Lipinski definition) is 0. The van der Waals surface area contributed by atoms with Crippen LogP contribution in [0.15, 0.2) is 0 Å². The highest BCUT2D eigenvalue weighted by atomic mass is 28.4. The van der Waals surface area contributed by atoms with Crippen LogP contribution in [0.4, 0.5) is 0 Å². The zero-order chi connectivity index (χ0) is 8.74. The molecule has 0 aliphatic rings. The number of rotatable bonds is 6. The van der Waals surface area contributed by atoms with E-state index in [0.29, 0.717) is 6.61 Å². The van der Waals surface area contributed by atoms with Gasteiger partial charge in [-0.15, -0.1) is 0 Å². The number of hydrogen-bond acceptors (Lipinski definition) is 3. The second kappa shape index (κ2) is 5.71. The molecule has 0 bridgehead atoms. The van der Waals surface area contributed by atoms with Crippen LogP contribution in [0.3, 0.4) is 0 Å².